The lowest BCUT2D eigenvalue weighted by Gasteiger charge is -2.10. The Kier molecular flexibility index (Phi) is 3.93. The first kappa shape index (κ1) is 10.2. The molecule has 0 atom stereocenters. The third kappa shape index (κ3) is 3.17. The lowest BCUT2D eigenvalue weighted by atomic mass is 10.00. The van der Waals surface area contributed by atoms with Crippen LogP contribution in [0.1, 0.15) is 11.1 Å². The van der Waals surface area contributed by atoms with Crippen LogP contribution in [0.4, 0.5) is 0 Å². The normalized spacial score (nSPS) is 10.8. The second kappa shape index (κ2) is 5.00. The maximum absolute atomic E-state index is 8.90. The van der Waals surface area contributed by atoms with Crippen molar-refractivity contribution in [3.8, 4) is 0 Å². The van der Waals surface area contributed by atoms with Crippen molar-refractivity contribution in [2.45, 2.75) is 13.3 Å². The Morgan fingerprint density at radius 3 is 2.46 bits per heavy atom. The van der Waals surface area contributed by atoms with Crippen molar-refractivity contribution in [3.05, 3.63) is 35.4 Å². The van der Waals surface area contributed by atoms with Crippen LogP contribution in [-0.4, -0.2) is 23.4 Å². The molecule has 0 bridgehead atoms. The SMILES string of the molecule is Cc1cccc(CC(CO)CO)c1. The van der Waals surface area contributed by atoms with Crippen LogP contribution in [0, 0.1) is 12.8 Å². The number of benzene rings is 1. The highest BCUT2D eigenvalue weighted by Gasteiger charge is 2.06. The van der Waals surface area contributed by atoms with Gasteiger partial charge in [-0.3, -0.25) is 0 Å². The van der Waals surface area contributed by atoms with Gasteiger partial charge in [0.25, 0.3) is 0 Å². The molecule has 0 saturated heterocycles. The van der Waals surface area contributed by atoms with E-state index in [0.717, 1.165) is 6.42 Å². The number of hydrogen-bond acceptors (Lipinski definition) is 2. The zero-order chi connectivity index (χ0) is 9.68. The zero-order valence-corrected chi connectivity index (χ0v) is 7.90. The van der Waals surface area contributed by atoms with E-state index < -0.39 is 0 Å². The van der Waals surface area contributed by atoms with Crippen LogP contribution in [0.25, 0.3) is 0 Å². The first-order chi connectivity index (χ1) is 6.26. The molecular weight excluding hydrogens is 164 g/mol. The Bertz CT molecular complexity index is 254. The average molecular weight is 180 g/mol. The molecule has 1 rings (SSSR count). The summed E-state index contributed by atoms with van der Waals surface area (Å²) in [6, 6.07) is 8.14. The number of aliphatic hydroxyl groups is 2. The molecule has 2 N–H and O–H groups in total. The van der Waals surface area contributed by atoms with Crippen molar-refractivity contribution in [3.63, 3.8) is 0 Å². The Morgan fingerprint density at radius 2 is 1.92 bits per heavy atom. The Balaban J connectivity index is 2.62. The van der Waals surface area contributed by atoms with Gasteiger partial charge in [0.05, 0.1) is 0 Å². The standard InChI is InChI=1S/C11H16O2/c1-9-3-2-4-10(5-9)6-11(7-12)8-13/h2-5,11-13H,6-8H2,1H3. The predicted octanol–water partition coefficient (Wildman–Crippen LogP) is 1.14. The van der Waals surface area contributed by atoms with Gasteiger partial charge in [0, 0.05) is 19.1 Å². The van der Waals surface area contributed by atoms with Gasteiger partial charge in [0.15, 0.2) is 0 Å². The average Bonchev–Trinajstić information content (AvgIpc) is 2.14. The highest BCUT2D eigenvalue weighted by Crippen LogP contribution is 2.09. The molecule has 2 nitrogen and oxygen atoms in total. The number of rotatable bonds is 4. The van der Waals surface area contributed by atoms with Crippen molar-refractivity contribution in [2.75, 3.05) is 13.2 Å². The van der Waals surface area contributed by atoms with E-state index in [9.17, 15) is 0 Å². The molecule has 0 unspecified atom stereocenters. The summed E-state index contributed by atoms with van der Waals surface area (Å²) in [5, 5.41) is 17.8. The highest BCUT2D eigenvalue weighted by molar-refractivity contribution is 5.22. The van der Waals surface area contributed by atoms with Crippen LogP contribution in [0.15, 0.2) is 24.3 Å². The maximum atomic E-state index is 8.90. The molecule has 0 amide bonds. The van der Waals surface area contributed by atoms with Crippen LogP contribution < -0.4 is 0 Å². The maximum Gasteiger partial charge on any atom is 0.0484 e. The smallest absolute Gasteiger partial charge is 0.0484 e. The molecule has 2 heteroatoms. The number of hydrogen-bond donors (Lipinski definition) is 2. The Morgan fingerprint density at radius 1 is 1.23 bits per heavy atom. The summed E-state index contributed by atoms with van der Waals surface area (Å²) in [7, 11) is 0. The molecule has 1 aromatic rings. The molecule has 13 heavy (non-hydrogen) atoms. The van der Waals surface area contributed by atoms with Gasteiger partial charge in [0.2, 0.25) is 0 Å². The van der Waals surface area contributed by atoms with Gasteiger partial charge in [-0.25, -0.2) is 0 Å². The summed E-state index contributed by atoms with van der Waals surface area (Å²) in [6.45, 7) is 2.13. The summed E-state index contributed by atoms with van der Waals surface area (Å²) in [5.74, 6) is -0.0261. The van der Waals surface area contributed by atoms with Crippen LogP contribution >= 0.6 is 0 Å². The Hall–Kier alpha value is -0.860. The fourth-order valence-electron chi connectivity index (χ4n) is 1.36. The molecule has 0 spiro atoms. The Labute approximate surface area is 78.8 Å². The van der Waals surface area contributed by atoms with Crippen LogP contribution in [0.5, 0.6) is 0 Å². The predicted molar refractivity (Wildman–Crippen MR) is 52.5 cm³/mol. The molecular formula is C11H16O2. The van der Waals surface area contributed by atoms with Crippen LogP contribution in [-0.2, 0) is 6.42 Å². The quantitative estimate of drug-likeness (QED) is 0.729. The summed E-state index contributed by atoms with van der Waals surface area (Å²) in [5.41, 5.74) is 2.39. The van der Waals surface area contributed by atoms with Crippen molar-refractivity contribution in [1.82, 2.24) is 0 Å². The van der Waals surface area contributed by atoms with Gasteiger partial charge in [-0.2, -0.15) is 0 Å². The summed E-state index contributed by atoms with van der Waals surface area (Å²) < 4.78 is 0. The second-order valence-corrected chi connectivity index (χ2v) is 3.42. The lowest BCUT2D eigenvalue weighted by molar-refractivity contribution is 0.150. The number of aryl methyl sites for hydroxylation is 1. The molecule has 0 aliphatic heterocycles. The van der Waals surface area contributed by atoms with Crippen LogP contribution in [0.3, 0.4) is 0 Å². The third-order valence-corrected chi connectivity index (χ3v) is 2.12. The highest BCUT2D eigenvalue weighted by atomic mass is 16.3. The monoisotopic (exact) mass is 180 g/mol. The molecule has 0 aliphatic rings. The topological polar surface area (TPSA) is 40.5 Å². The minimum atomic E-state index is -0.0261. The van der Waals surface area contributed by atoms with E-state index in [2.05, 4.69) is 6.07 Å². The first-order valence-electron chi connectivity index (χ1n) is 4.53. The molecule has 0 radical (unpaired) electrons. The minimum Gasteiger partial charge on any atom is -0.396 e. The van der Waals surface area contributed by atoms with Gasteiger partial charge in [0.1, 0.15) is 0 Å². The van der Waals surface area contributed by atoms with Gasteiger partial charge < -0.3 is 10.2 Å². The van der Waals surface area contributed by atoms with Gasteiger partial charge in [-0.1, -0.05) is 29.8 Å². The molecule has 0 fully saturated rings. The largest absolute Gasteiger partial charge is 0.396 e. The summed E-state index contributed by atoms with van der Waals surface area (Å²) in [6.07, 6.45) is 0.745. The van der Waals surface area contributed by atoms with Crippen molar-refractivity contribution >= 4 is 0 Å². The minimum absolute atomic E-state index is 0.0261. The van der Waals surface area contributed by atoms with E-state index in [1.54, 1.807) is 0 Å². The molecule has 0 aliphatic carbocycles. The fraction of sp³-hybridized carbons (Fsp3) is 0.455. The van der Waals surface area contributed by atoms with E-state index in [-0.39, 0.29) is 19.1 Å². The van der Waals surface area contributed by atoms with E-state index in [1.807, 2.05) is 25.1 Å². The van der Waals surface area contributed by atoms with Crippen molar-refractivity contribution in [1.29, 1.82) is 0 Å². The zero-order valence-electron chi connectivity index (χ0n) is 7.90. The fourth-order valence-corrected chi connectivity index (χ4v) is 1.36. The number of aliphatic hydroxyl groups excluding tert-OH is 2. The van der Waals surface area contributed by atoms with E-state index in [0.29, 0.717) is 0 Å². The summed E-state index contributed by atoms with van der Waals surface area (Å²) >= 11 is 0. The third-order valence-electron chi connectivity index (χ3n) is 2.12. The van der Waals surface area contributed by atoms with E-state index in [1.165, 1.54) is 11.1 Å². The van der Waals surface area contributed by atoms with E-state index in [4.69, 9.17) is 10.2 Å². The van der Waals surface area contributed by atoms with Crippen LogP contribution in [0.2, 0.25) is 0 Å². The molecule has 0 saturated carbocycles. The van der Waals surface area contributed by atoms with E-state index >= 15 is 0 Å². The second-order valence-electron chi connectivity index (χ2n) is 3.42. The summed E-state index contributed by atoms with van der Waals surface area (Å²) in [4.78, 5) is 0. The molecule has 0 heterocycles. The lowest BCUT2D eigenvalue weighted by Crippen LogP contribution is -2.13. The van der Waals surface area contributed by atoms with Crippen molar-refractivity contribution < 1.29 is 10.2 Å². The van der Waals surface area contributed by atoms with Gasteiger partial charge in [-0.15, -0.1) is 0 Å². The molecule has 1 aromatic carbocycles. The van der Waals surface area contributed by atoms with Gasteiger partial charge in [-0.05, 0) is 18.9 Å². The molecule has 72 valence electrons. The van der Waals surface area contributed by atoms with Gasteiger partial charge >= 0.3 is 0 Å². The molecule has 0 aromatic heterocycles. The van der Waals surface area contributed by atoms with Crippen molar-refractivity contribution in [2.24, 2.45) is 5.92 Å². The first-order valence-corrected chi connectivity index (χ1v) is 4.53.